The number of aliphatic hydroxyl groups is 3. The number of ketones is 1. The summed E-state index contributed by atoms with van der Waals surface area (Å²) >= 11 is 0. The highest BCUT2D eigenvalue weighted by Crippen LogP contribution is 2.30. The van der Waals surface area contributed by atoms with Crippen LogP contribution in [-0.2, 0) is 16.1 Å². The molecule has 0 aromatic carbocycles. The number of fused-ring (bicyclic) bond motifs is 1. The summed E-state index contributed by atoms with van der Waals surface area (Å²) in [5.74, 6) is -0.0427. The lowest BCUT2D eigenvalue weighted by Gasteiger charge is -2.17. The van der Waals surface area contributed by atoms with Gasteiger partial charge in [-0.3, -0.25) is 13.9 Å². The molecule has 0 saturated carbocycles. The molecule has 1 aliphatic heterocycles. The van der Waals surface area contributed by atoms with Gasteiger partial charge in [0, 0.05) is 13.0 Å². The van der Waals surface area contributed by atoms with Crippen LogP contribution in [0.4, 0.5) is 5.95 Å². The summed E-state index contributed by atoms with van der Waals surface area (Å²) in [6.45, 7) is 1.23. The summed E-state index contributed by atoms with van der Waals surface area (Å²) in [5.41, 5.74) is 5.54. The van der Waals surface area contributed by atoms with Gasteiger partial charge in [-0.1, -0.05) is 0 Å². The molecule has 0 radical (unpaired) electrons. The van der Waals surface area contributed by atoms with Crippen LogP contribution in [0.5, 0.6) is 0 Å². The molecule has 2 aromatic heterocycles. The Kier molecular flexibility index (Phi) is 5.05. The Labute approximate surface area is 147 Å². The van der Waals surface area contributed by atoms with Crippen molar-refractivity contribution < 1.29 is 24.9 Å². The molecule has 0 unspecified atom stereocenters. The summed E-state index contributed by atoms with van der Waals surface area (Å²) in [5, 5.41) is 29.2. The molecule has 0 amide bonds. The third-order valence-corrected chi connectivity index (χ3v) is 4.41. The topological polar surface area (TPSA) is 166 Å². The van der Waals surface area contributed by atoms with E-state index < -0.39 is 36.7 Å². The van der Waals surface area contributed by atoms with Gasteiger partial charge in [0.25, 0.3) is 5.56 Å². The largest absolute Gasteiger partial charge is 0.394 e. The van der Waals surface area contributed by atoms with Crippen molar-refractivity contribution in [2.75, 3.05) is 12.3 Å². The van der Waals surface area contributed by atoms with E-state index in [0.29, 0.717) is 12.8 Å². The van der Waals surface area contributed by atoms with Crippen LogP contribution in [0.15, 0.2) is 11.1 Å². The monoisotopic (exact) mass is 367 g/mol. The van der Waals surface area contributed by atoms with Gasteiger partial charge < -0.3 is 30.6 Å². The molecule has 1 fully saturated rings. The van der Waals surface area contributed by atoms with E-state index >= 15 is 0 Å². The van der Waals surface area contributed by atoms with Gasteiger partial charge >= 0.3 is 0 Å². The smallest absolute Gasteiger partial charge is 0.283 e. The summed E-state index contributed by atoms with van der Waals surface area (Å²) in [6.07, 6.45) is -2.61. The molecule has 1 saturated heterocycles. The van der Waals surface area contributed by atoms with Crippen molar-refractivity contribution in [3.63, 3.8) is 0 Å². The Bertz CT molecular complexity index is 877. The number of imidazole rings is 1. The maximum atomic E-state index is 12.6. The molecule has 3 heterocycles. The number of rotatable bonds is 6. The highest BCUT2D eigenvalue weighted by molar-refractivity contribution is 5.75. The van der Waals surface area contributed by atoms with E-state index in [1.165, 1.54) is 22.4 Å². The number of aliphatic hydroxyl groups excluding tert-OH is 3. The second-order valence-electron chi connectivity index (χ2n) is 6.29. The number of Topliss-reactive ketones (excluding diaryl/α,β-unsaturated/α-hetero) is 1. The molecule has 0 bridgehead atoms. The van der Waals surface area contributed by atoms with E-state index in [9.17, 15) is 24.9 Å². The zero-order chi connectivity index (χ0) is 19.0. The summed E-state index contributed by atoms with van der Waals surface area (Å²) in [7, 11) is 0. The van der Waals surface area contributed by atoms with Crippen molar-refractivity contribution in [2.24, 2.45) is 0 Å². The minimum absolute atomic E-state index is 0.0132. The van der Waals surface area contributed by atoms with E-state index in [-0.39, 0.29) is 29.4 Å². The van der Waals surface area contributed by atoms with Crippen molar-refractivity contribution in [3.05, 3.63) is 16.7 Å². The van der Waals surface area contributed by atoms with Crippen LogP contribution >= 0.6 is 0 Å². The zero-order valence-electron chi connectivity index (χ0n) is 14.1. The number of nitrogens with zero attached hydrogens (tertiary/aromatic N) is 4. The van der Waals surface area contributed by atoms with Crippen molar-refractivity contribution in [1.82, 2.24) is 19.1 Å². The average molecular weight is 367 g/mol. The fraction of sp³-hybridized carbons (Fsp3) is 0.600. The molecule has 11 heteroatoms. The minimum atomic E-state index is -1.33. The van der Waals surface area contributed by atoms with Crippen molar-refractivity contribution in [3.8, 4) is 0 Å². The lowest BCUT2D eigenvalue weighted by molar-refractivity contribution is -0.117. The molecule has 1 aliphatic rings. The predicted molar refractivity (Wildman–Crippen MR) is 89.1 cm³/mol. The highest BCUT2D eigenvalue weighted by atomic mass is 16.6. The van der Waals surface area contributed by atoms with Gasteiger partial charge in [0.2, 0.25) is 5.95 Å². The Balaban J connectivity index is 1.96. The van der Waals surface area contributed by atoms with Crippen LogP contribution in [0.3, 0.4) is 0 Å². The molecular formula is C15H21N5O6. The first-order chi connectivity index (χ1) is 12.3. The predicted octanol–water partition coefficient (Wildman–Crippen LogP) is -1.84. The molecule has 0 spiro atoms. The molecule has 142 valence electrons. The number of anilines is 1. The second kappa shape index (κ2) is 7.11. The SMILES string of the molecule is CC(=O)CCCn1c(N)nc2c(ncn2[C@@H]2O[C@H](CO)[C@@H](O)[C@H]2O)c1=O. The lowest BCUT2D eigenvalue weighted by atomic mass is 10.1. The molecule has 2 aromatic rings. The zero-order valence-corrected chi connectivity index (χ0v) is 14.1. The van der Waals surface area contributed by atoms with E-state index in [1.54, 1.807) is 0 Å². The normalized spacial score (nSPS) is 25.8. The third-order valence-electron chi connectivity index (χ3n) is 4.41. The molecular weight excluding hydrogens is 346 g/mol. The first-order valence-electron chi connectivity index (χ1n) is 8.20. The van der Waals surface area contributed by atoms with Gasteiger partial charge in [-0.25, -0.2) is 4.98 Å². The fourth-order valence-electron chi connectivity index (χ4n) is 3.02. The van der Waals surface area contributed by atoms with Crippen LogP contribution in [0.2, 0.25) is 0 Å². The van der Waals surface area contributed by atoms with Gasteiger partial charge in [0.15, 0.2) is 17.4 Å². The fourth-order valence-corrected chi connectivity index (χ4v) is 3.02. The van der Waals surface area contributed by atoms with Crippen LogP contribution in [0.25, 0.3) is 11.2 Å². The number of carbonyl (C=O) groups excluding carboxylic acids is 1. The minimum Gasteiger partial charge on any atom is -0.394 e. The van der Waals surface area contributed by atoms with Crippen LogP contribution in [-0.4, -0.2) is 65.1 Å². The Morgan fingerprint density at radius 3 is 2.73 bits per heavy atom. The first-order valence-corrected chi connectivity index (χ1v) is 8.20. The van der Waals surface area contributed by atoms with Crippen molar-refractivity contribution in [2.45, 2.75) is 50.8 Å². The summed E-state index contributed by atoms with van der Waals surface area (Å²) < 4.78 is 7.97. The Hall–Kier alpha value is -2.34. The molecule has 4 atom stereocenters. The quantitative estimate of drug-likeness (QED) is 0.458. The molecule has 26 heavy (non-hydrogen) atoms. The van der Waals surface area contributed by atoms with Crippen molar-refractivity contribution >= 4 is 22.9 Å². The van der Waals surface area contributed by atoms with Gasteiger partial charge in [-0.2, -0.15) is 4.98 Å². The van der Waals surface area contributed by atoms with E-state index in [2.05, 4.69) is 9.97 Å². The lowest BCUT2D eigenvalue weighted by Crippen LogP contribution is -2.33. The number of hydrogen-bond donors (Lipinski definition) is 4. The summed E-state index contributed by atoms with van der Waals surface area (Å²) in [6, 6.07) is 0. The van der Waals surface area contributed by atoms with Gasteiger partial charge in [0.05, 0.1) is 12.9 Å². The number of nitrogen functional groups attached to an aromatic ring is 1. The highest BCUT2D eigenvalue weighted by Gasteiger charge is 2.44. The van der Waals surface area contributed by atoms with Gasteiger partial charge in [-0.05, 0) is 13.3 Å². The Morgan fingerprint density at radius 1 is 1.38 bits per heavy atom. The Morgan fingerprint density at radius 2 is 2.12 bits per heavy atom. The average Bonchev–Trinajstić information content (AvgIpc) is 3.12. The van der Waals surface area contributed by atoms with Crippen LogP contribution in [0, 0.1) is 0 Å². The van der Waals surface area contributed by atoms with Gasteiger partial charge in [-0.15, -0.1) is 0 Å². The molecule has 5 N–H and O–H groups in total. The molecule has 3 rings (SSSR count). The maximum absolute atomic E-state index is 12.6. The number of nitrogens with two attached hydrogens (primary N) is 1. The van der Waals surface area contributed by atoms with Crippen LogP contribution in [0.1, 0.15) is 26.0 Å². The van der Waals surface area contributed by atoms with E-state index in [1.807, 2.05) is 0 Å². The summed E-state index contributed by atoms with van der Waals surface area (Å²) in [4.78, 5) is 31.9. The number of aromatic nitrogens is 4. The number of carbonyl (C=O) groups is 1. The molecule has 11 nitrogen and oxygen atoms in total. The maximum Gasteiger partial charge on any atom is 0.283 e. The molecule has 0 aliphatic carbocycles. The van der Waals surface area contributed by atoms with Gasteiger partial charge in [0.1, 0.15) is 24.1 Å². The third kappa shape index (κ3) is 3.09. The standard InChI is InChI=1S/C15H21N5O6/c1-7(22)3-2-4-19-13(25)9-12(18-15(19)16)20(6-17-9)14-11(24)10(23)8(5-21)26-14/h6,8,10-11,14,21,23-24H,2-5H2,1H3,(H2,16,18)/t8-,10-,11-,14-/m1/s1. The van der Waals surface area contributed by atoms with Crippen LogP contribution < -0.4 is 11.3 Å². The number of ether oxygens (including phenoxy) is 1. The second-order valence-corrected chi connectivity index (χ2v) is 6.29. The number of hydrogen-bond acceptors (Lipinski definition) is 9. The van der Waals surface area contributed by atoms with E-state index in [4.69, 9.17) is 10.5 Å². The first kappa shape index (κ1) is 18.5. The van der Waals surface area contributed by atoms with E-state index in [0.717, 1.165) is 0 Å². The van der Waals surface area contributed by atoms with Crippen molar-refractivity contribution in [1.29, 1.82) is 0 Å².